The Morgan fingerprint density at radius 3 is 1.40 bits per heavy atom. The van der Waals surface area contributed by atoms with Crippen LogP contribution < -0.4 is 9.80 Å². The van der Waals surface area contributed by atoms with Crippen LogP contribution in [-0.2, 0) is 5.41 Å². The molecule has 2 aliphatic carbocycles. The van der Waals surface area contributed by atoms with Crippen molar-refractivity contribution >= 4 is 55.9 Å². The standard InChI is InChI=1S/C67H45N3/c1-5-19-46(20-6-1)47-33-35-51(36-34-47)68(48-21-7-2-8-22-48)52-39-42-63-60(43-52)56-28-14-17-31-62(56)67(63)61-30-16-13-27-55(61)57-40-37-53(44-64(57)67)69(49-23-9-3-10-24-49)54-38-41-59-58-29-15-18-32-65(58)70(66(59)45-54)50-25-11-4-12-26-50/h1-45H. The molecule has 0 fully saturated rings. The molecule has 1 heterocycles. The van der Waals surface area contributed by atoms with E-state index in [0.29, 0.717) is 0 Å². The minimum atomic E-state index is -0.548. The lowest BCUT2D eigenvalue weighted by molar-refractivity contribution is 0.793. The quantitative estimate of drug-likeness (QED) is 0.151. The predicted molar refractivity (Wildman–Crippen MR) is 292 cm³/mol. The summed E-state index contributed by atoms with van der Waals surface area (Å²) >= 11 is 0. The van der Waals surface area contributed by atoms with E-state index in [1.165, 1.54) is 77.4 Å². The summed E-state index contributed by atoms with van der Waals surface area (Å²) < 4.78 is 2.41. The number of anilines is 6. The smallest absolute Gasteiger partial charge is 0.0726 e. The number of aromatic nitrogens is 1. The van der Waals surface area contributed by atoms with Gasteiger partial charge in [-0.2, -0.15) is 0 Å². The van der Waals surface area contributed by atoms with Crippen molar-refractivity contribution < 1.29 is 0 Å². The molecule has 12 aromatic rings. The molecule has 14 rings (SSSR count). The molecule has 0 amide bonds. The second kappa shape index (κ2) is 16.0. The van der Waals surface area contributed by atoms with Gasteiger partial charge in [-0.05, 0) is 147 Å². The van der Waals surface area contributed by atoms with Crippen molar-refractivity contribution in [2.75, 3.05) is 9.80 Å². The summed E-state index contributed by atoms with van der Waals surface area (Å²) in [5, 5.41) is 2.47. The van der Waals surface area contributed by atoms with Gasteiger partial charge in [-0.1, -0.05) is 182 Å². The highest BCUT2D eigenvalue weighted by molar-refractivity contribution is 6.10. The van der Waals surface area contributed by atoms with Crippen molar-refractivity contribution in [1.82, 2.24) is 4.57 Å². The van der Waals surface area contributed by atoms with Crippen LogP contribution >= 0.6 is 0 Å². The number of hydrogen-bond donors (Lipinski definition) is 0. The number of para-hydroxylation sites is 4. The van der Waals surface area contributed by atoms with E-state index in [0.717, 1.165) is 39.8 Å². The second-order valence-corrected chi connectivity index (χ2v) is 18.4. The zero-order valence-corrected chi connectivity index (χ0v) is 38.3. The molecule has 1 atom stereocenters. The molecule has 11 aromatic carbocycles. The fraction of sp³-hybridized carbons (Fsp3) is 0.0149. The monoisotopic (exact) mass is 891 g/mol. The van der Waals surface area contributed by atoms with Gasteiger partial charge >= 0.3 is 0 Å². The summed E-state index contributed by atoms with van der Waals surface area (Å²) in [5.41, 5.74) is 22.3. The zero-order chi connectivity index (χ0) is 46.2. The summed E-state index contributed by atoms with van der Waals surface area (Å²) in [6, 6.07) is 100. The topological polar surface area (TPSA) is 11.4 Å². The Morgan fingerprint density at radius 1 is 0.257 bits per heavy atom. The molecule has 3 nitrogen and oxygen atoms in total. The lowest BCUT2D eigenvalue weighted by Gasteiger charge is -2.32. The maximum absolute atomic E-state index is 2.49. The van der Waals surface area contributed by atoms with Gasteiger partial charge in [-0.15, -0.1) is 0 Å². The van der Waals surface area contributed by atoms with Crippen LogP contribution in [-0.4, -0.2) is 4.57 Å². The Kier molecular flexibility index (Phi) is 9.11. The molecule has 0 bridgehead atoms. The number of rotatable bonds is 8. The first-order valence-electron chi connectivity index (χ1n) is 24.2. The first-order chi connectivity index (χ1) is 34.7. The Hall–Kier alpha value is -9.18. The van der Waals surface area contributed by atoms with Gasteiger partial charge in [0.25, 0.3) is 0 Å². The van der Waals surface area contributed by atoms with Crippen LogP contribution in [0.3, 0.4) is 0 Å². The maximum atomic E-state index is 2.49. The van der Waals surface area contributed by atoms with Crippen molar-refractivity contribution in [2.24, 2.45) is 0 Å². The van der Waals surface area contributed by atoms with Crippen molar-refractivity contribution in [3.8, 4) is 39.1 Å². The summed E-state index contributed by atoms with van der Waals surface area (Å²) in [6.45, 7) is 0. The van der Waals surface area contributed by atoms with Gasteiger partial charge in [0.05, 0.1) is 16.4 Å². The maximum Gasteiger partial charge on any atom is 0.0726 e. The second-order valence-electron chi connectivity index (χ2n) is 18.4. The first kappa shape index (κ1) is 39.9. The molecule has 1 spiro atoms. The molecule has 1 unspecified atom stereocenters. The van der Waals surface area contributed by atoms with Crippen molar-refractivity contribution in [3.05, 3.63) is 295 Å². The molecule has 1 aromatic heterocycles. The van der Waals surface area contributed by atoms with E-state index in [1.54, 1.807) is 0 Å². The number of nitrogens with zero attached hydrogens (tertiary/aromatic N) is 3. The summed E-state index contributed by atoms with van der Waals surface area (Å²) in [7, 11) is 0. The highest BCUT2D eigenvalue weighted by atomic mass is 15.1. The van der Waals surface area contributed by atoms with Crippen LogP contribution in [0.25, 0.3) is 60.9 Å². The third kappa shape index (κ3) is 6.01. The van der Waals surface area contributed by atoms with E-state index in [1.807, 2.05) is 0 Å². The molecule has 328 valence electrons. The fourth-order valence-corrected chi connectivity index (χ4v) is 11.8. The number of hydrogen-bond acceptors (Lipinski definition) is 2. The van der Waals surface area contributed by atoms with Gasteiger partial charge in [-0.25, -0.2) is 0 Å². The van der Waals surface area contributed by atoms with E-state index in [4.69, 9.17) is 0 Å². The van der Waals surface area contributed by atoms with Gasteiger partial charge in [-0.3, -0.25) is 0 Å². The van der Waals surface area contributed by atoms with Gasteiger partial charge in [0.2, 0.25) is 0 Å². The Labute approximate surface area is 408 Å². The highest BCUT2D eigenvalue weighted by Crippen LogP contribution is 2.64. The van der Waals surface area contributed by atoms with E-state index in [2.05, 4.69) is 287 Å². The van der Waals surface area contributed by atoms with Crippen LogP contribution in [0, 0.1) is 0 Å². The number of fused-ring (bicyclic) bond motifs is 13. The molecular formula is C67H45N3. The molecule has 2 aliphatic rings. The van der Waals surface area contributed by atoms with Gasteiger partial charge in [0, 0.05) is 50.6 Å². The minimum Gasteiger partial charge on any atom is -0.310 e. The van der Waals surface area contributed by atoms with Gasteiger partial charge in [0.15, 0.2) is 0 Å². The lowest BCUT2D eigenvalue weighted by Crippen LogP contribution is -2.26. The van der Waals surface area contributed by atoms with Crippen molar-refractivity contribution in [2.45, 2.75) is 5.41 Å². The van der Waals surface area contributed by atoms with E-state index >= 15 is 0 Å². The highest BCUT2D eigenvalue weighted by Gasteiger charge is 2.52. The van der Waals surface area contributed by atoms with Crippen LogP contribution in [0.2, 0.25) is 0 Å². The fourth-order valence-electron chi connectivity index (χ4n) is 11.8. The number of benzene rings is 11. The third-order valence-electron chi connectivity index (χ3n) is 14.8. The van der Waals surface area contributed by atoms with Crippen LogP contribution in [0.4, 0.5) is 34.1 Å². The average Bonchev–Trinajstić information content (AvgIpc) is 4.04. The largest absolute Gasteiger partial charge is 0.310 e. The van der Waals surface area contributed by atoms with E-state index < -0.39 is 5.41 Å². The normalized spacial score (nSPS) is 14.1. The molecule has 0 N–H and O–H groups in total. The predicted octanol–water partition coefficient (Wildman–Crippen LogP) is 17.7. The Balaban J connectivity index is 0.963. The Morgan fingerprint density at radius 2 is 0.700 bits per heavy atom. The molecule has 70 heavy (non-hydrogen) atoms. The van der Waals surface area contributed by atoms with Crippen LogP contribution in [0.1, 0.15) is 22.3 Å². The van der Waals surface area contributed by atoms with E-state index in [9.17, 15) is 0 Å². The molecule has 0 saturated heterocycles. The van der Waals surface area contributed by atoms with Crippen LogP contribution in [0.5, 0.6) is 0 Å². The van der Waals surface area contributed by atoms with Crippen molar-refractivity contribution in [1.29, 1.82) is 0 Å². The van der Waals surface area contributed by atoms with Gasteiger partial charge < -0.3 is 14.4 Å². The first-order valence-corrected chi connectivity index (χ1v) is 24.2. The minimum absolute atomic E-state index is 0.548. The molecule has 0 radical (unpaired) electrons. The Bertz CT molecular complexity index is 3930. The SMILES string of the molecule is c1ccc(-c2ccc(N(c3ccccc3)c3ccc4c(c3)-c3ccccc3C43c4ccccc4-c4ccc(N(c5ccccc5)c5ccc6c7ccccc7n(-c7ccccc7)c6c5)cc43)cc2)cc1. The van der Waals surface area contributed by atoms with Crippen molar-refractivity contribution in [3.63, 3.8) is 0 Å². The molecule has 0 aliphatic heterocycles. The molecule has 0 saturated carbocycles. The lowest BCUT2D eigenvalue weighted by atomic mass is 9.70. The summed E-state index contributed by atoms with van der Waals surface area (Å²) in [4.78, 5) is 4.83. The van der Waals surface area contributed by atoms with E-state index in [-0.39, 0.29) is 0 Å². The average molecular weight is 892 g/mol. The van der Waals surface area contributed by atoms with Gasteiger partial charge in [0.1, 0.15) is 0 Å². The molecular weight excluding hydrogens is 847 g/mol. The zero-order valence-electron chi connectivity index (χ0n) is 38.3. The molecule has 3 heteroatoms. The third-order valence-corrected chi connectivity index (χ3v) is 14.8. The summed E-state index contributed by atoms with van der Waals surface area (Å²) in [6.07, 6.45) is 0. The van der Waals surface area contributed by atoms with Crippen LogP contribution in [0.15, 0.2) is 273 Å². The summed E-state index contributed by atoms with van der Waals surface area (Å²) in [5.74, 6) is 0.